The molecule has 0 bridgehead atoms. The lowest BCUT2D eigenvalue weighted by molar-refractivity contribution is -0.133. The van der Waals surface area contributed by atoms with E-state index in [2.05, 4.69) is 36.0 Å². The summed E-state index contributed by atoms with van der Waals surface area (Å²) >= 11 is 3.42. The Labute approximate surface area is 158 Å². The van der Waals surface area contributed by atoms with E-state index in [-0.39, 0.29) is 11.2 Å². The number of aromatic carboxylic acids is 1. The van der Waals surface area contributed by atoms with Crippen LogP contribution in [-0.2, 0) is 17.8 Å². The van der Waals surface area contributed by atoms with Gasteiger partial charge in [0.1, 0.15) is 5.82 Å². The van der Waals surface area contributed by atoms with Crippen molar-refractivity contribution >= 4 is 24.6 Å². The van der Waals surface area contributed by atoms with Gasteiger partial charge < -0.3 is 20.3 Å². The summed E-state index contributed by atoms with van der Waals surface area (Å²) in [6.07, 6.45) is 4.97. The lowest BCUT2D eigenvalue weighted by Crippen LogP contribution is -2.07. The van der Waals surface area contributed by atoms with Crippen LogP contribution >= 0.6 is 12.6 Å². The van der Waals surface area contributed by atoms with Crippen LogP contribution in [0.4, 0.5) is 0 Å². The van der Waals surface area contributed by atoms with E-state index in [4.69, 9.17) is 10.2 Å². The van der Waals surface area contributed by atoms with Crippen molar-refractivity contribution in [3.05, 3.63) is 60.0 Å². The third kappa shape index (κ3) is 7.71. The molecule has 2 aromatic rings. The molecule has 0 unspecified atom stereocenters. The maximum atomic E-state index is 10.8. The Morgan fingerprint density at radius 1 is 1.23 bits per heavy atom. The van der Waals surface area contributed by atoms with Crippen LogP contribution in [0.15, 0.2) is 30.5 Å². The smallest absolute Gasteiger partial charge is 0.335 e. The zero-order chi connectivity index (χ0) is 18.8. The highest BCUT2D eigenvalue weighted by Gasteiger charge is 2.08. The standard InChI is InChI=1S/C16H19N2O2.C2H4O2S.H2O/c1-3-4-5-15-17-10-12(2)18(15)11-13-6-8-14(9-7-13)16(19)20;3-2(4)1-5;/h6-10H,2-5,11H2,1H3,(H,19,20);5H,1H2,(H,3,4);1H2. The van der Waals surface area contributed by atoms with Crippen molar-refractivity contribution in [1.29, 1.82) is 0 Å². The molecule has 0 aliphatic carbocycles. The van der Waals surface area contributed by atoms with Crippen LogP contribution in [0.2, 0.25) is 0 Å². The average molecular weight is 381 g/mol. The number of carboxylic acids is 2. The van der Waals surface area contributed by atoms with Crippen molar-refractivity contribution in [2.24, 2.45) is 0 Å². The predicted octanol–water partition coefficient (Wildman–Crippen LogP) is 2.33. The summed E-state index contributed by atoms with van der Waals surface area (Å²) in [7, 11) is 0. The van der Waals surface area contributed by atoms with Crippen molar-refractivity contribution in [2.75, 3.05) is 5.75 Å². The van der Waals surface area contributed by atoms with E-state index in [0.717, 1.165) is 36.3 Å². The fourth-order valence-electron chi connectivity index (χ4n) is 2.12. The van der Waals surface area contributed by atoms with Crippen molar-refractivity contribution in [2.45, 2.75) is 32.7 Å². The molecule has 0 fully saturated rings. The molecule has 0 aliphatic rings. The summed E-state index contributed by atoms with van der Waals surface area (Å²) in [6, 6.07) is 6.94. The number of carbonyl (C=O) groups is 2. The number of unbranched alkanes of at least 4 members (excludes halogenated alkanes) is 1. The van der Waals surface area contributed by atoms with E-state index >= 15 is 0 Å². The predicted molar refractivity (Wildman–Crippen MR) is 103 cm³/mol. The Bertz CT molecular complexity index is 698. The molecule has 143 valence electrons. The number of thiol groups is 1. The molecule has 0 atom stereocenters. The van der Waals surface area contributed by atoms with Gasteiger partial charge in [-0.05, 0) is 31.0 Å². The molecular weight excluding hydrogens is 356 g/mol. The van der Waals surface area contributed by atoms with E-state index in [1.807, 2.05) is 12.1 Å². The van der Waals surface area contributed by atoms with Gasteiger partial charge in [0.2, 0.25) is 0 Å². The molecular formula is C18H25N2O5S. The van der Waals surface area contributed by atoms with Gasteiger partial charge in [-0.15, -0.1) is 0 Å². The van der Waals surface area contributed by atoms with Gasteiger partial charge in [-0.2, -0.15) is 12.6 Å². The third-order valence-electron chi connectivity index (χ3n) is 3.45. The van der Waals surface area contributed by atoms with E-state index in [1.54, 1.807) is 18.3 Å². The maximum Gasteiger partial charge on any atom is 0.335 e. The van der Waals surface area contributed by atoms with E-state index in [0.29, 0.717) is 12.1 Å². The zero-order valence-corrected chi connectivity index (χ0v) is 15.6. The van der Waals surface area contributed by atoms with Gasteiger partial charge in [-0.3, -0.25) is 4.79 Å². The molecule has 0 saturated heterocycles. The molecule has 2 rings (SSSR count). The molecule has 8 heteroatoms. The van der Waals surface area contributed by atoms with Gasteiger partial charge in [0.05, 0.1) is 11.3 Å². The van der Waals surface area contributed by atoms with Gasteiger partial charge in [-0.25, -0.2) is 9.78 Å². The van der Waals surface area contributed by atoms with Crippen LogP contribution in [0.1, 0.15) is 47.2 Å². The van der Waals surface area contributed by atoms with Gasteiger partial charge in [0.25, 0.3) is 0 Å². The number of hydrogen-bond acceptors (Lipinski definition) is 4. The van der Waals surface area contributed by atoms with Crippen molar-refractivity contribution in [3.63, 3.8) is 0 Å². The lowest BCUT2D eigenvalue weighted by atomic mass is 10.1. The van der Waals surface area contributed by atoms with Crippen LogP contribution in [0, 0.1) is 6.92 Å². The Hall–Kier alpha value is -2.32. The summed E-state index contributed by atoms with van der Waals surface area (Å²) in [4.78, 5) is 24.5. The Morgan fingerprint density at radius 2 is 1.81 bits per heavy atom. The molecule has 26 heavy (non-hydrogen) atoms. The van der Waals surface area contributed by atoms with Gasteiger partial charge in [0.15, 0.2) is 0 Å². The number of rotatable bonds is 7. The topological polar surface area (TPSA) is 124 Å². The molecule has 0 aliphatic heterocycles. The van der Waals surface area contributed by atoms with Gasteiger partial charge in [-0.1, -0.05) is 25.5 Å². The summed E-state index contributed by atoms with van der Waals surface area (Å²) < 4.78 is 2.09. The number of aryl methyl sites for hydroxylation is 1. The van der Waals surface area contributed by atoms with Crippen molar-refractivity contribution in [1.82, 2.24) is 9.55 Å². The van der Waals surface area contributed by atoms with Gasteiger partial charge >= 0.3 is 11.9 Å². The molecule has 1 aromatic heterocycles. The van der Waals surface area contributed by atoms with E-state index < -0.39 is 11.9 Å². The number of nitrogens with zero attached hydrogens (tertiary/aromatic N) is 2. The lowest BCUT2D eigenvalue weighted by Gasteiger charge is -2.10. The number of aliphatic carboxylic acids is 1. The fraction of sp³-hybridized carbons (Fsp3) is 0.333. The quantitative estimate of drug-likeness (QED) is 0.635. The zero-order valence-electron chi connectivity index (χ0n) is 14.7. The first-order valence-electron chi connectivity index (χ1n) is 7.90. The minimum atomic E-state index is -0.902. The molecule has 0 saturated carbocycles. The monoisotopic (exact) mass is 381 g/mol. The first kappa shape index (κ1) is 23.7. The van der Waals surface area contributed by atoms with Crippen LogP contribution in [-0.4, -0.2) is 42.9 Å². The number of carboxylic acid groups (broad SMARTS) is 2. The summed E-state index contributed by atoms with van der Waals surface area (Å²) in [5, 5.41) is 16.5. The largest absolute Gasteiger partial charge is 0.481 e. The molecule has 1 aromatic carbocycles. The first-order chi connectivity index (χ1) is 11.9. The molecule has 1 heterocycles. The molecule has 0 spiro atoms. The second kappa shape index (κ2) is 12.1. The molecule has 4 N–H and O–H groups in total. The molecule has 1 radical (unpaired) electrons. The minimum Gasteiger partial charge on any atom is -0.481 e. The second-order valence-electron chi connectivity index (χ2n) is 5.41. The third-order valence-corrected chi connectivity index (χ3v) is 3.72. The number of imidazole rings is 1. The molecule has 0 amide bonds. The second-order valence-corrected chi connectivity index (χ2v) is 5.73. The highest BCUT2D eigenvalue weighted by Crippen LogP contribution is 2.13. The Balaban J connectivity index is 0.000000923. The highest BCUT2D eigenvalue weighted by atomic mass is 32.1. The van der Waals surface area contributed by atoms with E-state index in [1.165, 1.54) is 0 Å². The SMILES string of the molecule is O.O=C(O)CS.[CH2]c1cnc(CCCC)n1Cc1ccc(C(=O)O)cc1. The van der Waals surface area contributed by atoms with Crippen LogP contribution in [0.5, 0.6) is 0 Å². The van der Waals surface area contributed by atoms with Crippen LogP contribution < -0.4 is 0 Å². The Morgan fingerprint density at radius 3 is 2.27 bits per heavy atom. The normalized spacial score (nSPS) is 9.65. The molecule has 7 nitrogen and oxygen atoms in total. The minimum absolute atomic E-state index is 0. The van der Waals surface area contributed by atoms with Crippen molar-refractivity contribution in [3.8, 4) is 0 Å². The fourth-order valence-corrected chi connectivity index (χ4v) is 2.12. The van der Waals surface area contributed by atoms with Gasteiger partial charge in [0, 0.05) is 24.9 Å². The Kier molecular flexibility index (Phi) is 11.0. The first-order valence-corrected chi connectivity index (χ1v) is 8.53. The maximum absolute atomic E-state index is 10.8. The van der Waals surface area contributed by atoms with Crippen molar-refractivity contribution < 1.29 is 25.3 Å². The van der Waals surface area contributed by atoms with E-state index in [9.17, 15) is 9.59 Å². The van der Waals surface area contributed by atoms with Crippen LogP contribution in [0.3, 0.4) is 0 Å². The average Bonchev–Trinajstić information content (AvgIpc) is 2.94. The van der Waals surface area contributed by atoms with Crippen LogP contribution in [0.25, 0.3) is 0 Å². The highest BCUT2D eigenvalue weighted by molar-refractivity contribution is 7.81. The number of aromatic nitrogens is 2. The summed E-state index contributed by atoms with van der Waals surface area (Å²) in [5.41, 5.74) is 2.24. The summed E-state index contributed by atoms with van der Waals surface area (Å²) in [5.74, 6) is -0.826. The summed E-state index contributed by atoms with van der Waals surface area (Å²) in [6.45, 7) is 6.83. The number of hydrogen-bond donors (Lipinski definition) is 3. The number of benzene rings is 1.